The fourth-order valence-corrected chi connectivity index (χ4v) is 4.94. The molecule has 34 heavy (non-hydrogen) atoms. The van der Waals surface area contributed by atoms with Crippen LogP contribution in [0.5, 0.6) is 0 Å². The molecule has 0 aliphatic carbocycles. The molecule has 2 aromatic rings. The van der Waals surface area contributed by atoms with Crippen molar-refractivity contribution in [3.63, 3.8) is 0 Å². The zero-order valence-electron chi connectivity index (χ0n) is 19.4. The van der Waals surface area contributed by atoms with Crippen LogP contribution in [0.25, 0.3) is 0 Å². The number of sulfonamides is 1. The van der Waals surface area contributed by atoms with E-state index in [-0.39, 0.29) is 24.2 Å². The van der Waals surface area contributed by atoms with Crippen molar-refractivity contribution < 1.29 is 18.0 Å². The van der Waals surface area contributed by atoms with Crippen LogP contribution in [0, 0.1) is 0 Å². The fourth-order valence-electron chi connectivity index (χ4n) is 3.40. The van der Waals surface area contributed by atoms with Crippen molar-refractivity contribution in [3.8, 4) is 0 Å². The Balaban J connectivity index is 2.51. The first-order valence-corrected chi connectivity index (χ1v) is 13.6. The summed E-state index contributed by atoms with van der Waals surface area (Å²) in [7, 11) is -3.85. The molecule has 1 N–H and O–H groups in total. The summed E-state index contributed by atoms with van der Waals surface area (Å²) in [6, 6.07) is 10.1. The topological polar surface area (TPSA) is 86.8 Å². The minimum atomic E-state index is -3.85. The van der Waals surface area contributed by atoms with Crippen molar-refractivity contribution in [2.45, 2.75) is 45.8 Å². The lowest BCUT2D eigenvalue weighted by Gasteiger charge is -2.33. The van der Waals surface area contributed by atoms with E-state index in [2.05, 4.69) is 5.32 Å². The Morgan fingerprint density at radius 2 is 1.62 bits per heavy atom. The van der Waals surface area contributed by atoms with E-state index in [1.54, 1.807) is 37.3 Å². The Morgan fingerprint density at radius 1 is 1.03 bits per heavy atom. The first kappa shape index (κ1) is 28.2. The smallest absolute Gasteiger partial charge is 0.244 e. The molecule has 2 amide bonds. The van der Waals surface area contributed by atoms with Crippen molar-refractivity contribution in [1.29, 1.82) is 0 Å². The van der Waals surface area contributed by atoms with Gasteiger partial charge in [-0.15, -0.1) is 0 Å². The van der Waals surface area contributed by atoms with Gasteiger partial charge in [-0.05, 0) is 50.6 Å². The monoisotopic (exact) mass is 547 g/mol. The highest BCUT2D eigenvalue weighted by atomic mass is 35.5. The van der Waals surface area contributed by atoms with Crippen molar-refractivity contribution in [3.05, 3.63) is 63.1 Å². The van der Waals surface area contributed by atoms with E-state index in [1.165, 1.54) is 17.0 Å². The van der Waals surface area contributed by atoms with Gasteiger partial charge in [0.2, 0.25) is 21.8 Å². The molecule has 0 aromatic heterocycles. The molecule has 0 radical (unpaired) electrons. The van der Waals surface area contributed by atoms with Gasteiger partial charge in [0.05, 0.1) is 11.9 Å². The third-order valence-electron chi connectivity index (χ3n) is 4.98. The number of rotatable bonds is 10. The van der Waals surface area contributed by atoms with E-state index in [9.17, 15) is 18.0 Å². The average molecular weight is 549 g/mol. The van der Waals surface area contributed by atoms with Crippen LogP contribution in [0.2, 0.25) is 15.1 Å². The van der Waals surface area contributed by atoms with Crippen LogP contribution in [0.15, 0.2) is 42.5 Å². The quantitative estimate of drug-likeness (QED) is 0.464. The molecule has 7 nitrogen and oxygen atoms in total. The number of hydrogen-bond acceptors (Lipinski definition) is 4. The van der Waals surface area contributed by atoms with Crippen LogP contribution < -0.4 is 9.62 Å². The largest absolute Gasteiger partial charge is 0.352 e. The minimum Gasteiger partial charge on any atom is -0.352 e. The summed E-state index contributed by atoms with van der Waals surface area (Å²) < 4.78 is 26.1. The Bertz CT molecular complexity index is 1120. The molecule has 0 aliphatic rings. The summed E-state index contributed by atoms with van der Waals surface area (Å²) in [6.07, 6.45) is 1.29. The molecule has 1 atom stereocenters. The summed E-state index contributed by atoms with van der Waals surface area (Å²) in [5.41, 5.74) is 0.697. The van der Waals surface area contributed by atoms with Gasteiger partial charge in [0.25, 0.3) is 0 Å². The molecule has 2 aromatic carbocycles. The number of carbonyl (C=O) groups excluding carboxylic acids is 2. The molecule has 0 saturated carbocycles. The van der Waals surface area contributed by atoms with Crippen LogP contribution in [0.4, 0.5) is 5.69 Å². The molecule has 0 fully saturated rings. The molecule has 0 aliphatic heterocycles. The Morgan fingerprint density at radius 3 is 2.12 bits per heavy atom. The van der Waals surface area contributed by atoms with E-state index in [4.69, 9.17) is 34.8 Å². The van der Waals surface area contributed by atoms with Gasteiger partial charge in [-0.25, -0.2) is 8.42 Å². The highest BCUT2D eigenvalue weighted by Gasteiger charge is 2.32. The summed E-state index contributed by atoms with van der Waals surface area (Å²) in [4.78, 5) is 27.9. The van der Waals surface area contributed by atoms with E-state index < -0.39 is 28.5 Å². The van der Waals surface area contributed by atoms with Gasteiger partial charge in [0, 0.05) is 33.2 Å². The average Bonchev–Trinajstić information content (AvgIpc) is 2.72. The van der Waals surface area contributed by atoms with Crippen LogP contribution in [-0.4, -0.2) is 50.0 Å². The van der Waals surface area contributed by atoms with Crippen LogP contribution >= 0.6 is 34.8 Å². The number of benzene rings is 2. The molecule has 11 heteroatoms. The standard InChI is InChI=1S/C23H28Cl3N3O4S/c1-5-21(23(31)27-15(2)3)28(13-18-19(25)10-7-11-20(18)26)22(30)14-29(34(4,32)33)17-9-6-8-16(24)12-17/h6-12,15,21H,5,13-14H2,1-4H3,(H,27,31). The second kappa shape index (κ2) is 12.1. The van der Waals surface area contributed by atoms with E-state index in [1.807, 2.05) is 13.8 Å². The number of nitrogens with zero attached hydrogens (tertiary/aromatic N) is 2. The van der Waals surface area contributed by atoms with Crippen LogP contribution in [0.3, 0.4) is 0 Å². The second-order valence-corrected chi connectivity index (χ2v) is 11.2. The number of nitrogens with one attached hydrogen (secondary N) is 1. The summed E-state index contributed by atoms with van der Waals surface area (Å²) in [6.45, 7) is 4.78. The van der Waals surface area contributed by atoms with E-state index in [0.29, 0.717) is 27.1 Å². The predicted molar refractivity (Wildman–Crippen MR) is 138 cm³/mol. The third-order valence-corrected chi connectivity index (χ3v) is 7.07. The van der Waals surface area contributed by atoms with Gasteiger partial charge in [-0.3, -0.25) is 13.9 Å². The molecular formula is C23H28Cl3N3O4S. The van der Waals surface area contributed by atoms with Gasteiger partial charge >= 0.3 is 0 Å². The molecule has 0 bridgehead atoms. The predicted octanol–water partition coefficient (Wildman–Crippen LogP) is 4.74. The molecule has 1 unspecified atom stereocenters. The molecular weight excluding hydrogens is 521 g/mol. The van der Waals surface area contributed by atoms with Crippen molar-refractivity contribution in [1.82, 2.24) is 10.2 Å². The Labute approximate surface area is 216 Å². The SMILES string of the molecule is CCC(C(=O)NC(C)C)N(Cc1c(Cl)cccc1Cl)C(=O)CN(c1cccc(Cl)c1)S(C)(=O)=O. The number of hydrogen-bond donors (Lipinski definition) is 1. The summed E-state index contributed by atoms with van der Waals surface area (Å²) >= 11 is 18.7. The zero-order chi connectivity index (χ0) is 25.6. The highest BCUT2D eigenvalue weighted by Crippen LogP contribution is 2.28. The number of carbonyl (C=O) groups is 2. The molecule has 0 saturated heterocycles. The maximum absolute atomic E-state index is 13.6. The normalized spacial score (nSPS) is 12.4. The summed E-state index contributed by atoms with van der Waals surface area (Å²) in [5.74, 6) is -0.949. The second-order valence-electron chi connectivity index (χ2n) is 8.06. The minimum absolute atomic E-state index is 0.0749. The van der Waals surface area contributed by atoms with Crippen LogP contribution in [-0.2, 0) is 26.2 Å². The van der Waals surface area contributed by atoms with Gasteiger partial charge in [0.15, 0.2) is 0 Å². The molecule has 186 valence electrons. The number of halogens is 3. The number of anilines is 1. The molecule has 2 rings (SSSR count). The lowest BCUT2D eigenvalue weighted by atomic mass is 10.1. The van der Waals surface area contributed by atoms with Crippen LogP contribution in [0.1, 0.15) is 32.8 Å². The van der Waals surface area contributed by atoms with Gasteiger partial charge < -0.3 is 10.2 Å². The number of amides is 2. The van der Waals surface area contributed by atoms with Gasteiger partial charge in [0.1, 0.15) is 12.6 Å². The first-order valence-electron chi connectivity index (χ1n) is 10.6. The van der Waals surface area contributed by atoms with Crippen molar-refractivity contribution in [2.24, 2.45) is 0 Å². The first-order chi connectivity index (χ1) is 15.8. The fraction of sp³-hybridized carbons (Fsp3) is 0.391. The maximum Gasteiger partial charge on any atom is 0.244 e. The highest BCUT2D eigenvalue weighted by molar-refractivity contribution is 7.92. The van der Waals surface area contributed by atoms with E-state index >= 15 is 0 Å². The third kappa shape index (κ3) is 7.50. The van der Waals surface area contributed by atoms with E-state index in [0.717, 1.165) is 10.6 Å². The zero-order valence-corrected chi connectivity index (χ0v) is 22.5. The molecule has 0 spiro atoms. The van der Waals surface area contributed by atoms with Gasteiger partial charge in [-0.2, -0.15) is 0 Å². The van der Waals surface area contributed by atoms with Crippen molar-refractivity contribution in [2.75, 3.05) is 17.1 Å². The maximum atomic E-state index is 13.6. The Hall–Kier alpha value is -2.00. The van der Waals surface area contributed by atoms with Crippen molar-refractivity contribution >= 4 is 62.3 Å². The Kier molecular flexibility index (Phi) is 10.1. The van der Waals surface area contributed by atoms with Gasteiger partial charge in [-0.1, -0.05) is 53.9 Å². The lowest BCUT2D eigenvalue weighted by Crippen LogP contribution is -2.53. The molecule has 0 heterocycles. The summed E-state index contributed by atoms with van der Waals surface area (Å²) in [5, 5.41) is 3.80. The lowest BCUT2D eigenvalue weighted by molar-refractivity contribution is -0.140.